The van der Waals surface area contributed by atoms with Crippen molar-refractivity contribution < 1.29 is 23.5 Å². The maximum atomic E-state index is 13.5. The number of carbonyl (C=O) groups is 2. The first-order valence-corrected chi connectivity index (χ1v) is 14.4. The molecule has 1 aliphatic heterocycles. The Morgan fingerprint density at radius 3 is 2.73 bits per heavy atom. The lowest BCUT2D eigenvalue weighted by atomic mass is 9.69. The van der Waals surface area contributed by atoms with Gasteiger partial charge in [0, 0.05) is 29.4 Å². The number of anilines is 2. The van der Waals surface area contributed by atoms with Gasteiger partial charge >= 0.3 is 0 Å². The van der Waals surface area contributed by atoms with Gasteiger partial charge in [0.25, 0.3) is 0 Å². The standard InChI is InChI=1S/C28H28N6O5S2/c1-28(2)11-17-24(18(35)12-28)23(20-6-5-9-39-20)16(13-29)25(30)34(17)26-32-33-27(41-26)40-14-22(36)31-15-7-8-19(37-3)21(10-15)38-4/h5-10,23H,11-12,14,30H2,1-4H3,(H,31,36). The number of ether oxygens (including phenoxy) is 2. The summed E-state index contributed by atoms with van der Waals surface area (Å²) in [6.07, 6.45) is 2.39. The number of allylic oxidation sites excluding steroid dienone is 3. The predicted octanol–water partition coefficient (Wildman–Crippen LogP) is 4.82. The van der Waals surface area contributed by atoms with Crippen molar-refractivity contribution in [3.8, 4) is 17.6 Å². The Kier molecular flexibility index (Phi) is 7.79. The number of methoxy groups -OCH3 is 2. The molecule has 0 fully saturated rings. The molecule has 13 heteroatoms. The van der Waals surface area contributed by atoms with Crippen molar-refractivity contribution >= 4 is 45.6 Å². The summed E-state index contributed by atoms with van der Waals surface area (Å²) in [6.45, 7) is 4.04. The minimum absolute atomic E-state index is 0.0613. The topological polar surface area (TPSA) is 157 Å². The van der Waals surface area contributed by atoms with E-state index in [-0.39, 0.29) is 34.3 Å². The van der Waals surface area contributed by atoms with Crippen LogP contribution in [-0.4, -0.2) is 41.9 Å². The normalized spacial score (nSPS) is 18.2. The number of nitriles is 1. The number of ketones is 1. The van der Waals surface area contributed by atoms with Gasteiger partial charge in [0.2, 0.25) is 11.0 Å². The van der Waals surface area contributed by atoms with E-state index in [1.165, 1.54) is 36.5 Å². The highest BCUT2D eigenvalue weighted by molar-refractivity contribution is 8.01. The van der Waals surface area contributed by atoms with Crippen LogP contribution in [-0.2, 0) is 9.59 Å². The fraction of sp³-hybridized carbons (Fsp3) is 0.321. The minimum atomic E-state index is -0.688. The Balaban J connectivity index is 1.39. The number of Topliss-reactive ketones (excluding diaryl/α,β-unsaturated/α-hetero) is 1. The zero-order chi connectivity index (χ0) is 29.3. The molecule has 2 aliphatic rings. The van der Waals surface area contributed by atoms with Gasteiger partial charge in [-0.1, -0.05) is 36.9 Å². The summed E-state index contributed by atoms with van der Waals surface area (Å²) in [6, 6.07) is 10.8. The molecule has 3 heterocycles. The average Bonchev–Trinajstić information content (AvgIpc) is 3.63. The van der Waals surface area contributed by atoms with Gasteiger partial charge in [-0.2, -0.15) is 5.26 Å². The van der Waals surface area contributed by atoms with Crippen LogP contribution < -0.4 is 25.4 Å². The van der Waals surface area contributed by atoms with Crippen molar-refractivity contribution in [1.29, 1.82) is 5.26 Å². The van der Waals surface area contributed by atoms with E-state index in [0.717, 1.165) is 0 Å². The molecule has 0 radical (unpaired) electrons. The average molecular weight is 593 g/mol. The molecule has 3 N–H and O–H groups in total. The van der Waals surface area contributed by atoms with E-state index in [2.05, 4.69) is 21.6 Å². The van der Waals surface area contributed by atoms with Crippen LogP contribution in [0.2, 0.25) is 0 Å². The van der Waals surface area contributed by atoms with Crippen LogP contribution in [0.1, 0.15) is 38.4 Å². The highest BCUT2D eigenvalue weighted by Gasteiger charge is 2.46. The molecule has 0 saturated carbocycles. The van der Waals surface area contributed by atoms with Crippen molar-refractivity contribution in [2.75, 3.05) is 30.2 Å². The number of nitrogens with two attached hydrogens (primary N) is 1. The number of aromatic nitrogens is 2. The van der Waals surface area contributed by atoms with E-state index in [0.29, 0.717) is 56.5 Å². The minimum Gasteiger partial charge on any atom is -0.493 e. The summed E-state index contributed by atoms with van der Waals surface area (Å²) in [7, 11) is 3.07. The zero-order valence-electron chi connectivity index (χ0n) is 22.9. The van der Waals surface area contributed by atoms with Crippen molar-refractivity contribution in [3.05, 3.63) is 65.0 Å². The maximum Gasteiger partial charge on any atom is 0.234 e. The monoisotopic (exact) mass is 592 g/mol. The first kappa shape index (κ1) is 28.3. The number of amides is 1. The van der Waals surface area contributed by atoms with E-state index in [1.807, 2.05) is 13.8 Å². The maximum absolute atomic E-state index is 13.5. The zero-order valence-corrected chi connectivity index (χ0v) is 24.5. The molecule has 2 aromatic heterocycles. The Bertz CT molecular complexity index is 1600. The van der Waals surface area contributed by atoms with Crippen LogP contribution in [0.3, 0.4) is 0 Å². The van der Waals surface area contributed by atoms with Crippen molar-refractivity contribution in [2.45, 2.75) is 36.9 Å². The van der Waals surface area contributed by atoms with Crippen LogP contribution in [0.5, 0.6) is 11.5 Å². The van der Waals surface area contributed by atoms with Crippen LogP contribution in [0.25, 0.3) is 0 Å². The van der Waals surface area contributed by atoms with E-state index >= 15 is 0 Å². The molecular formula is C28H28N6O5S2. The Hall–Kier alpha value is -4.28. The summed E-state index contributed by atoms with van der Waals surface area (Å²) >= 11 is 2.45. The number of hydrogen-bond donors (Lipinski definition) is 2. The summed E-state index contributed by atoms with van der Waals surface area (Å²) in [5, 5.41) is 22.0. The third-order valence-electron chi connectivity index (χ3n) is 6.79. The Labute approximate surface area is 245 Å². The highest BCUT2D eigenvalue weighted by atomic mass is 32.2. The van der Waals surface area contributed by atoms with Crippen molar-refractivity contribution in [1.82, 2.24) is 10.2 Å². The molecule has 1 aliphatic carbocycles. The van der Waals surface area contributed by atoms with E-state index in [4.69, 9.17) is 19.6 Å². The van der Waals surface area contributed by atoms with Crippen LogP contribution in [0.15, 0.2) is 68.0 Å². The largest absolute Gasteiger partial charge is 0.493 e. The van der Waals surface area contributed by atoms with Gasteiger partial charge in [0.15, 0.2) is 21.6 Å². The summed E-state index contributed by atoms with van der Waals surface area (Å²) in [5.41, 5.74) is 8.24. The fourth-order valence-corrected chi connectivity index (χ4v) is 6.74. The molecule has 1 aromatic carbocycles. The molecule has 0 saturated heterocycles. The number of rotatable bonds is 8. The lowest BCUT2D eigenvalue weighted by Gasteiger charge is -2.42. The van der Waals surface area contributed by atoms with Gasteiger partial charge in [-0.05, 0) is 36.1 Å². The van der Waals surface area contributed by atoms with Crippen LogP contribution >= 0.6 is 23.1 Å². The second-order valence-corrected chi connectivity index (χ2v) is 12.4. The summed E-state index contributed by atoms with van der Waals surface area (Å²) in [5.74, 6) is 0.815. The molecular weight excluding hydrogens is 564 g/mol. The number of benzene rings is 1. The number of nitrogens with zero attached hydrogens (tertiary/aromatic N) is 4. The smallest absolute Gasteiger partial charge is 0.234 e. The quantitative estimate of drug-likeness (QED) is 0.346. The number of hydrogen-bond acceptors (Lipinski definition) is 12. The molecule has 0 bridgehead atoms. The lowest BCUT2D eigenvalue weighted by Crippen LogP contribution is -2.42. The van der Waals surface area contributed by atoms with E-state index in [9.17, 15) is 14.9 Å². The summed E-state index contributed by atoms with van der Waals surface area (Å²) < 4.78 is 16.7. The second-order valence-electron chi connectivity index (χ2n) is 10.3. The Morgan fingerprint density at radius 1 is 1.27 bits per heavy atom. The number of nitrogens with one attached hydrogen (secondary N) is 1. The fourth-order valence-electron chi connectivity index (χ4n) is 5.06. The molecule has 1 atom stereocenters. The van der Waals surface area contributed by atoms with Crippen molar-refractivity contribution in [3.63, 3.8) is 0 Å². The SMILES string of the molecule is COc1ccc(NC(=O)CSc2nnc(N3C(N)=C(C#N)C(c4ccco4)C4=C3CC(C)(C)CC4=O)s2)cc1OC. The molecule has 0 spiro atoms. The van der Waals surface area contributed by atoms with E-state index in [1.54, 1.807) is 42.3 Å². The molecule has 5 rings (SSSR count). The molecule has 41 heavy (non-hydrogen) atoms. The highest BCUT2D eigenvalue weighted by Crippen LogP contribution is 2.50. The van der Waals surface area contributed by atoms with Gasteiger partial charge in [0.05, 0.1) is 43.8 Å². The van der Waals surface area contributed by atoms with Gasteiger partial charge in [0.1, 0.15) is 11.6 Å². The predicted molar refractivity (Wildman–Crippen MR) is 155 cm³/mol. The van der Waals surface area contributed by atoms with Crippen LogP contribution in [0, 0.1) is 16.7 Å². The molecule has 1 amide bonds. The first-order valence-electron chi connectivity index (χ1n) is 12.6. The number of furan rings is 1. The van der Waals surface area contributed by atoms with Gasteiger partial charge in [-0.15, -0.1) is 10.2 Å². The molecule has 11 nitrogen and oxygen atoms in total. The Morgan fingerprint density at radius 2 is 2.05 bits per heavy atom. The number of carbonyl (C=O) groups excluding carboxylic acids is 2. The molecule has 1 unspecified atom stereocenters. The first-order chi connectivity index (χ1) is 19.7. The second kappa shape index (κ2) is 11.3. The lowest BCUT2D eigenvalue weighted by molar-refractivity contribution is -0.118. The van der Waals surface area contributed by atoms with Crippen molar-refractivity contribution in [2.24, 2.45) is 11.1 Å². The van der Waals surface area contributed by atoms with Gasteiger partial charge in [-0.25, -0.2) is 0 Å². The molecule has 3 aromatic rings. The number of thioether (sulfide) groups is 1. The van der Waals surface area contributed by atoms with Gasteiger partial charge < -0.3 is 24.9 Å². The third kappa shape index (κ3) is 5.53. The summed E-state index contributed by atoms with van der Waals surface area (Å²) in [4.78, 5) is 27.8. The van der Waals surface area contributed by atoms with Gasteiger partial charge in [-0.3, -0.25) is 14.5 Å². The molecule has 212 valence electrons. The van der Waals surface area contributed by atoms with Crippen LogP contribution in [0.4, 0.5) is 10.8 Å². The van der Waals surface area contributed by atoms with E-state index < -0.39 is 5.92 Å². The third-order valence-corrected chi connectivity index (χ3v) is 8.83.